The second-order valence-corrected chi connectivity index (χ2v) is 8.11. The van der Waals surface area contributed by atoms with Crippen LogP contribution < -0.4 is 14.8 Å². The fourth-order valence-electron chi connectivity index (χ4n) is 3.86. The Hall–Kier alpha value is -3.81. The first-order valence-corrected chi connectivity index (χ1v) is 11.4. The predicted molar refractivity (Wildman–Crippen MR) is 132 cm³/mol. The summed E-state index contributed by atoms with van der Waals surface area (Å²) in [6.07, 6.45) is 6.37. The van der Waals surface area contributed by atoms with Crippen LogP contribution in [-0.2, 0) is 6.18 Å². The lowest BCUT2D eigenvalue weighted by atomic mass is 10.1. The van der Waals surface area contributed by atoms with E-state index in [9.17, 15) is 13.2 Å². The van der Waals surface area contributed by atoms with Gasteiger partial charge in [0.25, 0.3) is 0 Å². The Morgan fingerprint density at radius 1 is 1.03 bits per heavy atom. The molecule has 2 aromatic carbocycles. The van der Waals surface area contributed by atoms with E-state index in [4.69, 9.17) is 9.47 Å². The van der Waals surface area contributed by atoms with Crippen molar-refractivity contribution >= 4 is 29.5 Å². The topological polar surface area (TPSA) is 55.7 Å². The van der Waals surface area contributed by atoms with Gasteiger partial charge in [0, 0.05) is 18.0 Å². The highest BCUT2D eigenvalue weighted by atomic mass is 19.4. The van der Waals surface area contributed by atoms with Gasteiger partial charge in [-0.2, -0.15) is 13.2 Å². The predicted octanol–water partition coefficient (Wildman–Crippen LogP) is 7.59. The van der Waals surface area contributed by atoms with E-state index in [1.165, 1.54) is 18.9 Å². The van der Waals surface area contributed by atoms with Gasteiger partial charge < -0.3 is 14.8 Å². The van der Waals surface area contributed by atoms with Gasteiger partial charge in [0.15, 0.2) is 11.5 Å². The summed E-state index contributed by atoms with van der Waals surface area (Å²) in [6, 6.07) is 15.3. The normalized spacial score (nSPS) is 14.6. The second-order valence-electron chi connectivity index (χ2n) is 8.11. The molecule has 0 spiro atoms. The molecule has 8 heteroatoms. The number of methoxy groups -OCH3 is 1. The molecule has 0 atom stereocenters. The smallest absolute Gasteiger partial charge is 0.417 e. The van der Waals surface area contributed by atoms with Crippen molar-refractivity contribution < 1.29 is 22.6 Å². The van der Waals surface area contributed by atoms with Crippen LogP contribution in [0.5, 0.6) is 11.5 Å². The van der Waals surface area contributed by atoms with E-state index in [0.717, 1.165) is 36.4 Å². The zero-order valence-corrected chi connectivity index (χ0v) is 19.3. The summed E-state index contributed by atoms with van der Waals surface area (Å²) in [5, 5.41) is 3.02. The molecule has 3 aromatic rings. The third kappa shape index (κ3) is 6.41. The average Bonchev–Trinajstić information content (AvgIpc) is 3.36. The second kappa shape index (κ2) is 11.1. The quantitative estimate of drug-likeness (QED) is 0.337. The third-order valence-corrected chi connectivity index (χ3v) is 5.65. The lowest BCUT2D eigenvalue weighted by molar-refractivity contribution is -0.137. The number of nitrogens with one attached hydrogen (secondary N) is 1. The van der Waals surface area contributed by atoms with Gasteiger partial charge in [0.2, 0.25) is 0 Å². The first-order chi connectivity index (χ1) is 16.9. The molecular formula is C27H26F3N3O2. The van der Waals surface area contributed by atoms with E-state index in [-0.39, 0.29) is 6.10 Å². The Morgan fingerprint density at radius 2 is 1.83 bits per heavy atom. The molecular weight excluding hydrogens is 455 g/mol. The Bertz CT molecular complexity index is 1190. The molecule has 0 bridgehead atoms. The number of ether oxygens (including phenoxy) is 2. The number of pyridine rings is 1. The van der Waals surface area contributed by atoms with E-state index in [1.54, 1.807) is 25.5 Å². The standard InChI is InChI=1S/C27H26F3N3O2/c1-34-24-14-6-8-19(26(24)35-21-10-2-3-11-21)9-7-17-31-22-12-4-5-13-23(22)33-25-16-15-20(18-32-25)27(28,29)30/h4-9,12-18,21H,2-3,10-11H2,1H3,(H,32,33)/b9-7+,31-17?. The van der Waals surface area contributed by atoms with Crippen molar-refractivity contribution in [1.82, 2.24) is 4.98 Å². The summed E-state index contributed by atoms with van der Waals surface area (Å²) < 4.78 is 50.1. The number of benzene rings is 2. The van der Waals surface area contributed by atoms with Crippen LogP contribution >= 0.6 is 0 Å². The number of hydrogen-bond donors (Lipinski definition) is 1. The van der Waals surface area contributed by atoms with Crippen molar-refractivity contribution in [3.8, 4) is 11.5 Å². The molecule has 0 amide bonds. The van der Waals surface area contributed by atoms with E-state index in [1.807, 2.05) is 42.5 Å². The molecule has 1 N–H and O–H groups in total. The molecule has 4 rings (SSSR count). The number of nitrogens with zero attached hydrogens (tertiary/aromatic N) is 2. The van der Waals surface area contributed by atoms with Gasteiger partial charge in [-0.1, -0.05) is 24.3 Å². The number of allylic oxidation sites excluding steroid dienone is 1. The summed E-state index contributed by atoms with van der Waals surface area (Å²) in [5.41, 5.74) is 1.33. The Labute approximate surface area is 202 Å². The summed E-state index contributed by atoms with van der Waals surface area (Å²) >= 11 is 0. The molecule has 0 saturated heterocycles. The van der Waals surface area contributed by atoms with Gasteiger partial charge in [0.1, 0.15) is 5.82 Å². The van der Waals surface area contributed by atoms with Gasteiger partial charge in [0.05, 0.1) is 30.2 Å². The first-order valence-electron chi connectivity index (χ1n) is 11.4. The monoisotopic (exact) mass is 481 g/mol. The number of anilines is 2. The molecule has 1 aromatic heterocycles. The summed E-state index contributed by atoms with van der Waals surface area (Å²) in [4.78, 5) is 8.36. The number of hydrogen-bond acceptors (Lipinski definition) is 5. The number of para-hydroxylation sites is 3. The molecule has 182 valence electrons. The van der Waals surface area contributed by atoms with Gasteiger partial charge >= 0.3 is 6.18 Å². The van der Waals surface area contributed by atoms with Crippen molar-refractivity contribution in [2.45, 2.75) is 38.0 Å². The zero-order valence-electron chi connectivity index (χ0n) is 19.3. The van der Waals surface area contributed by atoms with E-state index >= 15 is 0 Å². The molecule has 0 aliphatic heterocycles. The molecule has 1 aliphatic carbocycles. The van der Waals surface area contributed by atoms with Crippen LogP contribution in [0.3, 0.4) is 0 Å². The van der Waals surface area contributed by atoms with Crippen molar-refractivity contribution in [3.05, 3.63) is 78.0 Å². The van der Waals surface area contributed by atoms with E-state index < -0.39 is 11.7 Å². The van der Waals surface area contributed by atoms with Crippen LogP contribution in [0.2, 0.25) is 0 Å². The van der Waals surface area contributed by atoms with Gasteiger partial charge in [-0.3, -0.25) is 4.99 Å². The zero-order chi connectivity index (χ0) is 24.7. The first kappa shape index (κ1) is 24.3. The minimum absolute atomic E-state index is 0.198. The third-order valence-electron chi connectivity index (χ3n) is 5.65. The minimum atomic E-state index is -4.43. The summed E-state index contributed by atoms with van der Waals surface area (Å²) in [5.74, 6) is 1.71. The highest BCUT2D eigenvalue weighted by Gasteiger charge is 2.30. The number of halogens is 3. The van der Waals surface area contributed by atoms with E-state index in [0.29, 0.717) is 22.9 Å². The average molecular weight is 482 g/mol. The van der Waals surface area contributed by atoms with Gasteiger partial charge in [-0.15, -0.1) is 0 Å². The number of aliphatic imine (C=N–C) groups is 1. The highest BCUT2D eigenvalue weighted by Crippen LogP contribution is 2.36. The maximum atomic E-state index is 12.8. The Kier molecular flexibility index (Phi) is 7.70. The fourth-order valence-corrected chi connectivity index (χ4v) is 3.86. The van der Waals surface area contributed by atoms with Crippen molar-refractivity contribution in [2.75, 3.05) is 12.4 Å². The van der Waals surface area contributed by atoms with Crippen molar-refractivity contribution in [1.29, 1.82) is 0 Å². The molecule has 1 heterocycles. The molecule has 0 unspecified atom stereocenters. The number of rotatable bonds is 8. The summed E-state index contributed by atoms with van der Waals surface area (Å²) in [6.45, 7) is 0. The molecule has 1 saturated carbocycles. The Balaban J connectivity index is 1.48. The molecule has 5 nitrogen and oxygen atoms in total. The van der Waals surface area contributed by atoms with Crippen LogP contribution in [0.25, 0.3) is 6.08 Å². The summed E-state index contributed by atoms with van der Waals surface area (Å²) in [7, 11) is 1.63. The number of aromatic nitrogens is 1. The van der Waals surface area contributed by atoms with Crippen LogP contribution in [0, 0.1) is 0 Å². The van der Waals surface area contributed by atoms with E-state index in [2.05, 4.69) is 15.3 Å². The Morgan fingerprint density at radius 3 is 2.54 bits per heavy atom. The van der Waals surface area contributed by atoms with Crippen LogP contribution in [0.1, 0.15) is 36.8 Å². The highest BCUT2D eigenvalue weighted by molar-refractivity contribution is 5.84. The largest absolute Gasteiger partial charge is 0.493 e. The van der Waals surface area contributed by atoms with Gasteiger partial charge in [-0.05, 0) is 68.2 Å². The number of alkyl halides is 3. The fraction of sp³-hybridized carbons (Fsp3) is 0.259. The van der Waals surface area contributed by atoms with Crippen LogP contribution in [0.15, 0.2) is 71.9 Å². The van der Waals surface area contributed by atoms with Crippen molar-refractivity contribution in [2.24, 2.45) is 4.99 Å². The van der Waals surface area contributed by atoms with Crippen molar-refractivity contribution in [3.63, 3.8) is 0 Å². The lowest BCUT2D eigenvalue weighted by Crippen LogP contribution is -2.12. The SMILES string of the molecule is COc1cccc(/C=C/C=Nc2ccccc2Nc2ccc(C(F)(F)F)cn2)c1OC1CCCC1. The molecule has 35 heavy (non-hydrogen) atoms. The van der Waals surface area contributed by atoms with Gasteiger partial charge in [-0.25, -0.2) is 4.98 Å². The minimum Gasteiger partial charge on any atom is -0.493 e. The molecule has 1 aliphatic rings. The molecule has 0 radical (unpaired) electrons. The van der Waals surface area contributed by atoms with Crippen LogP contribution in [0.4, 0.5) is 30.4 Å². The van der Waals surface area contributed by atoms with Crippen LogP contribution in [-0.4, -0.2) is 24.4 Å². The maximum absolute atomic E-state index is 12.8. The lowest BCUT2D eigenvalue weighted by Gasteiger charge is -2.17. The maximum Gasteiger partial charge on any atom is 0.417 e. The molecule has 1 fully saturated rings.